The molecule has 4 nitrogen and oxygen atoms in total. The lowest BCUT2D eigenvalue weighted by molar-refractivity contribution is 0.0936. The summed E-state index contributed by atoms with van der Waals surface area (Å²) in [6, 6.07) is 7.94. The van der Waals surface area contributed by atoms with Gasteiger partial charge in [0.15, 0.2) is 0 Å². The molecule has 1 aromatic rings. The highest BCUT2D eigenvalue weighted by atomic mass is 16.3. The van der Waals surface area contributed by atoms with E-state index in [1.807, 2.05) is 24.3 Å². The van der Waals surface area contributed by atoms with Crippen LogP contribution in [0.2, 0.25) is 0 Å². The second-order valence-electron chi connectivity index (χ2n) is 4.92. The van der Waals surface area contributed by atoms with Crippen molar-refractivity contribution in [3.63, 3.8) is 0 Å². The fourth-order valence-electron chi connectivity index (χ4n) is 2.95. The monoisotopic (exact) mass is 246 g/mol. The Labute approximate surface area is 107 Å². The largest absolute Gasteiger partial charge is 0.396 e. The molecule has 1 aromatic carbocycles. The molecule has 2 aliphatic rings. The minimum Gasteiger partial charge on any atom is -0.396 e. The molecule has 0 saturated heterocycles. The van der Waals surface area contributed by atoms with Crippen LogP contribution in [0.25, 0.3) is 0 Å². The van der Waals surface area contributed by atoms with Gasteiger partial charge < -0.3 is 15.1 Å². The Bertz CT molecular complexity index is 486. The van der Waals surface area contributed by atoms with E-state index in [0.29, 0.717) is 12.8 Å². The lowest BCUT2D eigenvalue weighted by Crippen LogP contribution is -2.43. The van der Waals surface area contributed by atoms with Gasteiger partial charge in [0.05, 0.1) is 0 Å². The fourth-order valence-corrected chi connectivity index (χ4v) is 2.95. The van der Waals surface area contributed by atoms with Crippen molar-refractivity contribution in [1.29, 1.82) is 0 Å². The van der Waals surface area contributed by atoms with Gasteiger partial charge in [-0.05, 0) is 25.3 Å². The third-order valence-electron chi connectivity index (χ3n) is 3.76. The molecule has 2 aliphatic heterocycles. The molecule has 0 aromatic heterocycles. The van der Waals surface area contributed by atoms with Crippen LogP contribution in [0, 0.1) is 0 Å². The van der Waals surface area contributed by atoms with Crippen molar-refractivity contribution in [2.45, 2.75) is 24.9 Å². The van der Waals surface area contributed by atoms with E-state index in [2.05, 4.69) is 9.89 Å². The summed E-state index contributed by atoms with van der Waals surface area (Å²) < 4.78 is 0. The number of hydrogen-bond acceptors (Lipinski definition) is 4. The van der Waals surface area contributed by atoms with Crippen molar-refractivity contribution in [1.82, 2.24) is 0 Å². The third-order valence-corrected chi connectivity index (χ3v) is 3.76. The quantitative estimate of drug-likeness (QED) is 0.844. The number of anilines is 1. The second kappa shape index (κ2) is 4.37. The van der Waals surface area contributed by atoms with Crippen LogP contribution in [-0.2, 0) is 5.60 Å². The predicted octanol–water partition coefficient (Wildman–Crippen LogP) is 1.27. The van der Waals surface area contributed by atoms with Gasteiger partial charge in [0.2, 0.25) is 0 Å². The standard InChI is InChI=1S/C14H18N2O2/c17-10-3-7-14(18)11-5-1-2-6-12(11)16-9-4-8-15-13(14)16/h1-2,5-6,17-18H,3-4,7-10H2. The van der Waals surface area contributed by atoms with Gasteiger partial charge >= 0.3 is 0 Å². The highest BCUT2D eigenvalue weighted by Gasteiger charge is 2.47. The van der Waals surface area contributed by atoms with Crippen molar-refractivity contribution in [3.8, 4) is 0 Å². The molecule has 4 heteroatoms. The van der Waals surface area contributed by atoms with Crippen molar-refractivity contribution in [3.05, 3.63) is 29.8 Å². The molecule has 0 amide bonds. The van der Waals surface area contributed by atoms with Crippen molar-refractivity contribution in [2.75, 3.05) is 24.6 Å². The number of aliphatic imine (C=N–C) groups is 1. The first kappa shape index (κ1) is 11.7. The minimum absolute atomic E-state index is 0.0950. The molecule has 0 aliphatic carbocycles. The Kier molecular flexibility index (Phi) is 2.84. The number of para-hydroxylation sites is 1. The molecule has 0 saturated carbocycles. The van der Waals surface area contributed by atoms with Gasteiger partial charge in [-0.3, -0.25) is 4.99 Å². The van der Waals surface area contributed by atoms with Gasteiger partial charge in [-0.25, -0.2) is 0 Å². The maximum absolute atomic E-state index is 11.0. The molecule has 2 N–H and O–H groups in total. The van der Waals surface area contributed by atoms with E-state index in [1.54, 1.807) is 0 Å². The van der Waals surface area contributed by atoms with Crippen molar-refractivity contribution >= 4 is 11.5 Å². The zero-order valence-electron chi connectivity index (χ0n) is 10.3. The summed E-state index contributed by atoms with van der Waals surface area (Å²) in [6.07, 6.45) is 2.13. The van der Waals surface area contributed by atoms with Crippen LogP contribution < -0.4 is 4.90 Å². The molecule has 0 radical (unpaired) electrons. The number of fused-ring (bicyclic) bond motifs is 3. The highest BCUT2D eigenvalue weighted by molar-refractivity contribution is 6.10. The Hall–Kier alpha value is -1.39. The molecular weight excluding hydrogens is 228 g/mol. The molecule has 1 atom stereocenters. The average Bonchev–Trinajstić information content (AvgIpc) is 2.69. The molecule has 96 valence electrons. The number of benzene rings is 1. The number of nitrogens with zero attached hydrogens (tertiary/aromatic N) is 2. The topological polar surface area (TPSA) is 56.1 Å². The van der Waals surface area contributed by atoms with Gasteiger partial charge in [0, 0.05) is 30.9 Å². The van der Waals surface area contributed by atoms with E-state index < -0.39 is 5.60 Å². The highest BCUT2D eigenvalue weighted by Crippen LogP contribution is 2.44. The fraction of sp³-hybridized carbons (Fsp3) is 0.500. The van der Waals surface area contributed by atoms with Crippen LogP contribution in [0.5, 0.6) is 0 Å². The molecule has 0 spiro atoms. The summed E-state index contributed by atoms with van der Waals surface area (Å²) >= 11 is 0. The Morgan fingerprint density at radius 2 is 2.17 bits per heavy atom. The van der Waals surface area contributed by atoms with E-state index in [1.165, 1.54) is 0 Å². The van der Waals surface area contributed by atoms with Gasteiger partial charge in [-0.2, -0.15) is 0 Å². The first-order valence-electron chi connectivity index (χ1n) is 6.52. The Morgan fingerprint density at radius 3 is 3.00 bits per heavy atom. The lowest BCUT2D eigenvalue weighted by Gasteiger charge is -2.30. The summed E-state index contributed by atoms with van der Waals surface area (Å²) in [4.78, 5) is 6.64. The average molecular weight is 246 g/mol. The van der Waals surface area contributed by atoms with Crippen LogP contribution in [0.1, 0.15) is 24.8 Å². The molecule has 18 heavy (non-hydrogen) atoms. The van der Waals surface area contributed by atoms with Crippen LogP contribution in [0.15, 0.2) is 29.3 Å². The van der Waals surface area contributed by atoms with Gasteiger partial charge in [0.1, 0.15) is 11.4 Å². The zero-order valence-corrected chi connectivity index (χ0v) is 10.3. The van der Waals surface area contributed by atoms with Crippen LogP contribution in [-0.4, -0.2) is 35.7 Å². The van der Waals surface area contributed by atoms with E-state index in [9.17, 15) is 5.11 Å². The summed E-state index contributed by atoms with van der Waals surface area (Å²) in [5, 5.41) is 20.0. The number of aliphatic hydroxyl groups excluding tert-OH is 1. The van der Waals surface area contributed by atoms with E-state index in [0.717, 1.165) is 36.6 Å². The molecule has 0 fully saturated rings. The third kappa shape index (κ3) is 1.56. The number of hydrogen-bond donors (Lipinski definition) is 2. The van der Waals surface area contributed by atoms with Gasteiger partial charge in [-0.1, -0.05) is 18.2 Å². The summed E-state index contributed by atoms with van der Waals surface area (Å²) in [7, 11) is 0. The van der Waals surface area contributed by atoms with E-state index in [4.69, 9.17) is 5.11 Å². The van der Waals surface area contributed by atoms with Crippen LogP contribution >= 0.6 is 0 Å². The second-order valence-corrected chi connectivity index (χ2v) is 4.92. The minimum atomic E-state index is -1.01. The summed E-state index contributed by atoms with van der Waals surface area (Å²) in [6.45, 7) is 1.79. The summed E-state index contributed by atoms with van der Waals surface area (Å²) in [5.41, 5.74) is 0.982. The first-order valence-corrected chi connectivity index (χ1v) is 6.52. The Morgan fingerprint density at radius 1 is 1.33 bits per heavy atom. The Balaban J connectivity index is 2.09. The SMILES string of the molecule is OCCCC1(O)C2=NCCCN2c2ccccc21. The smallest absolute Gasteiger partial charge is 0.149 e. The maximum Gasteiger partial charge on any atom is 0.149 e. The first-order chi connectivity index (χ1) is 8.77. The zero-order chi connectivity index (χ0) is 12.6. The van der Waals surface area contributed by atoms with E-state index >= 15 is 0 Å². The molecular formula is C14H18N2O2. The van der Waals surface area contributed by atoms with Gasteiger partial charge in [0.25, 0.3) is 0 Å². The number of rotatable bonds is 3. The normalized spacial score (nSPS) is 25.7. The number of amidine groups is 1. The predicted molar refractivity (Wildman–Crippen MR) is 70.9 cm³/mol. The molecule has 0 bridgehead atoms. The maximum atomic E-state index is 11.0. The van der Waals surface area contributed by atoms with Crippen molar-refractivity contribution in [2.24, 2.45) is 4.99 Å². The van der Waals surface area contributed by atoms with E-state index in [-0.39, 0.29) is 6.61 Å². The number of aliphatic hydroxyl groups is 2. The van der Waals surface area contributed by atoms with Crippen LogP contribution in [0.3, 0.4) is 0 Å². The lowest BCUT2D eigenvalue weighted by atomic mass is 9.90. The van der Waals surface area contributed by atoms with Crippen LogP contribution in [0.4, 0.5) is 5.69 Å². The summed E-state index contributed by atoms with van der Waals surface area (Å²) in [5.74, 6) is 0.767. The molecule has 1 unspecified atom stereocenters. The molecule has 3 rings (SSSR count). The van der Waals surface area contributed by atoms with Gasteiger partial charge in [-0.15, -0.1) is 0 Å². The van der Waals surface area contributed by atoms with Crippen molar-refractivity contribution < 1.29 is 10.2 Å². The molecule has 2 heterocycles.